The Morgan fingerprint density at radius 2 is 1.54 bits per heavy atom. The van der Waals surface area contributed by atoms with Crippen LogP contribution in [-0.4, -0.2) is 16.0 Å². The van der Waals surface area contributed by atoms with Crippen molar-refractivity contribution in [3.63, 3.8) is 0 Å². The van der Waals surface area contributed by atoms with Crippen LogP contribution in [0.2, 0.25) is 0 Å². The monoisotopic (exact) mass is 317 g/mol. The molecule has 3 aromatic rings. The standard InChI is InChI=1S/C21H23N3/c1-16-14-20(24(23-16)21(2,3)4)22-15-17-10-12-19(13-11-17)18-8-6-5-7-9-18/h5-15H,1-4H3. The Morgan fingerprint density at radius 3 is 2.17 bits per heavy atom. The molecular weight excluding hydrogens is 294 g/mol. The molecule has 0 fully saturated rings. The molecule has 0 amide bonds. The highest BCUT2D eigenvalue weighted by atomic mass is 15.4. The molecule has 0 N–H and O–H groups in total. The van der Waals surface area contributed by atoms with Crippen molar-refractivity contribution in [2.24, 2.45) is 4.99 Å². The first-order chi connectivity index (χ1) is 11.4. The van der Waals surface area contributed by atoms with Gasteiger partial charge in [0.15, 0.2) is 5.82 Å². The lowest BCUT2D eigenvalue weighted by molar-refractivity contribution is 0.358. The Morgan fingerprint density at radius 1 is 0.917 bits per heavy atom. The van der Waals surface area contributed by atoms with Crippen LogP contribution in [0.3, 0.4) is 0 Å². The summed E-state index contributed by atoms with van der Waals surface area (Å²) in [6, 6.07) is 20.8. The fourth-order valence-corrected chi connectivity index (χ4v) is 2.60. The maximum absolute atomic E-state index is 4.64. The molecule has 0 aliphatic carbocycles. The summed E-state index contributed by atoms with van der Waals surface area (Å²) in [5.41, 5.74) is 4.41. The number of aliphatic imine (C=N–C) groups is 1. The average Bonchev–Trinajstić information content (AvgIpc) is 2.95. The summed E-state index contributed by atoms with van der Waals surface area (Å²) in [6.45, 7) is 8.39. The molecule has 0 atom stereocenters. The van der Waals surface area contributed by atoms with Crippen LogP contribution in [0.1, 0.15) is 32.0 Å². The Bertz CT molecular complexity index is 835. The summed E-state index contributed by atoms with van der Waals surface area (Å²) in [6.07, 6.45) is 1.90. The maximum atomic E-state index is 4.64. The minimum absolute atomic E-state index is 0.0852. The SMILES string of the molecule is Cc1cc(N=Cc2ccc(-c3ccccc3)cc2)n(C(C)(C)C)n1. The van der Waals surface area contributed by atoms with Gasteiger partial charge in [-0.05, 0) is 44.4 Å². The third-order valence-electron chi connectivity index (χ3n) is 3.81. The predicted octanol–water partition coefficient (Wildman–Crippen LogP) is 5.36. The van der Waals surface area contributed by atoms with E-state index in [9.17, 15) is 0 Å². The lowest BCUT2D eigenvalue weighted by Gasteiger charge is -2.20. The van der Waals surface area contributed by atoms with Gasteiger partial charge in [-0.2, -0.15) is 5.10 Å². The van der Waals surface area contributed by atoms with Crippen molar-refractivity contribution < 1.29 is 0 Å². The van der Waals surface area contributed by atoms with Crippen molar-refractivity contribution in [2.45, 2.75) is 33.2 Å². The molecule has 0 saturated heterocycles. The van der Waals surface area contributed by atoms with Gasteiger partial charge in [-0.1, -0.05) is 54.6 Å². The molecule has 3 heteroatoms. The second kappa shape index (κ2) is 6.44. The molecule has 0 saturated carbocycles. The van der Waals surface area contributed by atoms with Gasteiger partial charge in [-0.3, -0.25) is 0 Å². The van der Waals surface area contributed by atoms with Gasteiger partial charge in [-0.25, -0.2) is 9.67 Å². The van der Waals surface area contributed by atoms with Gasteiger partial charge >= 0.3 is 0 Å². The van der Waals surface area contributed by atoms with Gasteiger partial charge in [0.05, 0.1) is 11.2 Å². The second-order valence-electron chi connectivity index (χ2n) is 6.97. The Labute approximate surface area is 143 Å². The summed E-state index contributed by atoms with van der Waals surface area (Å²) in [7, 11) is 0. The van der Waals surface area contributed by atoms with E-state index in [1.165, 1.54) is 11.1 Å². The third kappa shape index (κ3) is 3.62. The zero-order chi connectivity index (χ0) is 17.2. The van der Waals surface area contributed by atoms with Crippen LogP contribution in [0.4, 0.5) is 5.82 Å². The molecule has 122 valence electrons. The molecule has 0 radical (unpaired) electrons. The Hall–Kier alpha value is -2.68. The van der Waals surface area contributed by atoms with Gasteiger partial charge in [0, 0.05) is 12.3 Å². The topological polar surface area (TPSA) is 30.2 Å². The number of hydrogen-bond acceptors (Lipinski definition) is 2. The fraction of sp³-hybridized carbons (Fsp3) is 0.238. The first kappa shape index (κ1) is 16.2. The van der Waals surface area contributed by atoms with Gasteiger partial charge in [0.2, 0.25) is 0 Å². The summed E-state index contributed by atoms with van der Waals surface area (Å²) < 4.78 is 1.97. The normalized spacial score (nSPS) is 12.0. The van der Waals surface area contributed by atoms with Gasteiger partial charge in [-0.15, -0.1) is 0 Å². The van der Waals surface area contributed by atoms with E-state index in [1.54, 1.807) is 0 Å². The highest BCUT2D eigenvalue weighted by molar-refractivity contribution is 5.82. The molecule has 0 bridgehead atoms. The molecule has 1 heterocycles. The van der Waals surface area contributed by atoms with E-state index >= 15 is 0 Å². The molecule has 0 unspecified atom stereocenters. The summed E-state index contributed by atoms with van der Waals surface area (Å²) in [5.74, 6) is 0.882. The van der Waals surface area contributed by atoms with E-state index in [1.807, 2.05) is 30.0 Å². The molecule has 3 nitrogen and oxygen atoms in total. The first-order valence-electron chi connectivity index (χ1n) is 8.20. The van der Waals surface area contributed by atoms with Crippen LogP contribution < -0.4 is 0 Å². The van der Waals surface area contributed by atoms with Crippen LogP contribution in [-0.2, 0) is 5.54 Å². The van der Waals surface area contributed by atoms with Crippen LogP contribution in [0.15, 0.2) is 65.7 Å². The summed E-state index contributed by atoms with van der Waals surface area (Å²) in [4.78, 5) is 4.64. The van der Waals surface area contributed by atoms with Crippen molar-refractivity contribution in [3.8, 4) is 11.1 Å². The third-order valence-corrected chi connectivity index (χ3v) is 3.81. The van der Waals surface area contributed by atoms with Crippen LogP contribution in [0.25, 0.3) is 11.1 Å². The number of rotatable bonds is 3. The van der Waals surface area contributed by atoms with E-state index in [4.69, 9.17) is 0 Å². The molecular formula is C21H23N3. The zero-order valence-electron chi connectivity index (χ0n) is 14.7. The van der Waals surface area contributed by atoms with Gasteiger partial charge in [0.25, 0.3) is 0 Å². The highest BCUT2D eigenvalue weighted by Gasteiger charge is 2.17. The molecule has 24 heavy (non-hydrogen) atoms. The minimum atomic E-state index is -0.0852. The number of hydrogen-bond donors (Lipinski definition) is 0. The van der Waals surface area contributed by atoms with E-state index in [-0.39, 0.29) is 5.54 Å². The molecule has 2 aromatic carbocycles. The van der Waals surface area contributed by atoms with Crippen molar-refractivity contribution in [1.82, 2.24) is 9.78 Å². The Kier molecular flexibility index (Phi) is 4.34. The molecule has 0 spiro atoms. The molecule has 0 aliphatic rings. The summed E-state index contributed by atoms with van der Waals surface area (Å²) in [5, 5.41) is 4.55. The lowest BCUT2D eigenvalue weighted by Crippen LogP contribution is -2.22. The summed E-state index contributed by atoms with van der Waals surface area (Å²) >= 11 is 0. The zero-order valence-corrected chi connectivity index (χ0v) is 14.7. The highest BCUT2D eigenvalue weighted by Crippen LogP contribution is 2.24. The molecule has 3 rings (SSSR count). The van der Waals surface area contributed by atoms with E-state index in [2.05, 4.69) is 79.4 Å². The quantitative estimate of drug-likeness (QED) is 0.598. The van der Waals surface area contributed by atoms with Crippen molar-refractivity contribution in [2.75, 3.05) is 0 Å². The average molecular weight is 317 g/mol. The number of benzene rings is 2. The largest absolute Gasteiger partial charge is 0.242 e. The van der Waals surface area contributed by atoms with Crippen LogP contribution >= 0.6 is 0 Å². The number of nitrogens with zero attached hydrogens (tertiary/aromatic N) is 3. The molecule has 1 aromatic heterocycles. The van der Waals surface area contributed by atoms with E-state index in [0.29, 0.717) is 0 Å². The Balaban J connectivity index is 1.83. The fourth-order valence-electron chi connectivity index (χ4n) is 2.60. The van der Waals surface area contributed by atoms with Crippen LogP contribution in [0.5, 0.6) is 0 Å². The molecule has 0 aliphatic heterocycles. The first-order valence-corrected chi connectivity index (χ1v) is 8.20. The van der Waals surface area contributed by atoms with Gasteiger partial charge in [0.1, 0.15) is 0 Å². The smallest absolute Gasteiger partial charge is 0.151 e. The van der Waals surface area contributed by atoms with Gasteiger partial charge < -0.3 is 0 Å². The second-order valence-corrected chi connectivity index (χ2v) is 6.97. The lowest BCUT2D eigenvalue weighted by atomic mass is 10.0. The van der Waals surface area contributed by atoms with E-state index < -0.39 is 0 Å². The van der Waals surface area contributed by atoms with Crippen LogP contribution in [0, 0.1) is 6.92 Å². The maximum Gasteiger partial charge on any atom is 0.151 e. The number of aryl methyl sites for hydroxylation is 1. The van der Waals surface area contributed by atoms with Crippen molar-refractivity contribution in [3.05, 3.63) is 71.9 Å². The minimum Gasteiger partial charge on any atom is -0.242 e. The van der Waals surface area contributed by atoms with Crippen molar-refractivity contribution in [1.29, 1.82) is 0 Å². The van der Waals surface area contributed by atoms with Crippen molar-refractivity contribution >= 4 is 12.0 Å². The van der Waals surface area contributed by atoms with E-state index in [0.717, 1.165) is 17.1 Å². The predicted molar refractivity (Wildman–Crippen MR) is 101 cm³/mol. The number of aromatic nitrogens is 2.